The molecule has 6 nitrogen and oxygen atoms in total. The van der Waals surface area contributed by atoms with Crippen LogP contribution < -0.4 is 10.9 Å². The smallest absolute Gasteiger partial charge is 0.267 e. The van der Waals surface area contributed by atoms with Crippen LogP contribution in [0.15, 0.2) is 54.6 Å². The average Bonchev–Trinajstić information content (AvgIpc) is 2.99. The molecule has 0 unspecified atom stereocenters. The van der Waals surface area contributed by atoms with Crippen LogP contribution in [0.5, 0.6) is 0 Å². The summed E-state index contributed by atoms with van der Waals surface area (Å²) in [5.41, 5.74) is 8.16. The molecule has 156 valence electrons. The SMILES string of the molecule is Cc1nn(Cc2ccccc2)c(Cl)c1C(=O)NNC(=O)c1ccc(C(C)(C)C)cc1. The Morgan fingerprint density at radius 2 is 1.57 bits per heavy atom. The van der Waals surface area contributed by atoms with Crippen LogP contribution in [0.25, 0.3) is 0 Å². The number of hydrogen-bond acceptors (Lipinski definition) is 3. The standard InChI is InChI=1S/C23H25ClN4O2/c1-15-19(20(24)28(27-15)14-16-8-6-5-7-9-16)22(30)26-25-21(29)17-10-12-18(13-11-17)23(2,3)4/h5-13H,14H2,1-4H3,(H,25,29)(H,26,30). The maximum Gasteiger partial charge on any atom is 0.274 e. The van der Waals surface area contributed by atoms with Crippen LogP contribution in [0.3, 0.4) is 0 Å². The number of hydrazine groups is 1. The lowest BCUT2D eigenvalue weighted by Crippen LogP contribution is -2.41. The molecule has 2 amide bonds. The van der Waals surface area contributed by atoms with E-state index >= 15 is 0 Å². The third-order valence-electron chi connectivity index (χ3n) is 4.77. The Hall–Kier alpha value is -3.12. The molecule has 30 heavy (non-hydrogen) atoms. The number of hydrogen-bond donors (Lipinski definition) is 2. The maximum atomic E-state index is 12.6. The van der Waals surface area contributed by atoms with E-state index in [-0.39, 0.29) is 16.1 Å². The zero-order chi connectivity index (χ0) is 21.9. The molecule has 2 N–H and O–H groups in total. The number of nitrogens with zero attached hydrogens (tertiary/aromatic N) is 2. The van der Waals surface area contributed by atoms with Crippen molar-refractivity contribution in [3.8, 4) is 0 Å². The molecule has 1 aromatic heterocycles. The highest BCUT2D eigenvalue weighted by Gasteiger charge is 2.21. The second-order valence-corrected chi connectivity index (χ2v) is 8.49. The van der Waals surface area contributed by atoms with Crippen molar-refractivity contribution in [2.45, 2.75) is 39.7 Å². The number of carbonyl (C=O) groups excluding carboxylic acids is 2. The molecule has 0 radical (unpaired) electrons. The molecule has 0 aliphatic heterocycles. The summed E-state index contributed by atoms with van der Waals surface area (Å²) in [6.45, 7) is 8.46. The number of amides is 2. The normalized spacial score (nSPS) is 11.2. The van der Waals surface area contributed by atoms with Gasteiger partial charge in [-0.3, -0.25) is 20.4 Å². The molecule has 7 heteroatoms. The minimum Gasteiger partial charge on any atom is -0.267 e. The van der Waals surface area contributed by atoms with Crippen LogP contribution in [0.4, 0.5) is 0 Å². The summed E-state index contributed by atoms with van der Waals surface area (Å²) in [6.07, 6.45) is 0. The zero-order valence-corrected chi connectivity index (χ0v) is 18.2. The molecular weight excluding hydrogens is 400 g/mol. The van der Waals surface area contributed by atoms with Gasteiger partial charge in [0.1, 0.15) is 10.7 Å². The summed E-state index contributed by atoms with van der Waals surface area (Å²) in [7, 11) is 0. The van der Waals surface area contributed by atoms with Gasteiger partial charge >= 0.3 is 0 Å². The Balaban J connectivity index is 1.67. The van der Waals surface area contributed by atoms with Gasteiger partial charge in [-0.25, -0.2) is 4.68 Å². The van der Waals surface area contributed by atoms with Gasteiger partial charge in [-0.1, -0.05) is 74.8 Å². The van der Waals surface area contributed by atoms with Crippen molar-refractivity contribution in [3.63, 3.8) is 0 Å². The van der Waals surface area contributed by atoms with Gasteiger partial charge in [0.2, 0.25) is 0 Å². The minimum atomic E-state index is -0.517. The first-order chi connectivity index (χ1) is 14.2. The maximum absolute atomic E-state index is 12.6. The summed E-state index contributed by atoms with van der Waals surface area (Å²) >= 11 is 6.39. The Morgan fingerprint density at radius 3 is 2.17 bits per heavy atom. The topological polar surface area (TPSA) is 76.0 Å². The fraction of sp³-hybridized carbons (Fsp3) is 0.261. The van der Waals surface area contributed by atoms with Gasteiger partial charge in [-0.2, -0.15) is 5.10 Å². The Bertz CT molecular complexity index is 1050. The van der Waals surface area contributed by atoms with E-state index in [1.165, 1.54) is 0 Å². The van der Waals surface area contributed by atoms with Crippen molar-refractivity contribution in [2.24, 2.45) is 0 Å². The lowest BCUT2D eigenvalue weighted by Gasteiger charge is -2.19. The monoisotopic (exact) mass is 424 g/mol. The fourth-order valence-electron chi connectivity index (χ4n) is 3.04. The molecular formula is C23H25ClN4O2. The zero-order valence-electron chi connectivity index (χ0n) is 17.5. The number of nitrogens with one attached hydrogen (secondary N) is 2. The lowest BCUT2D eigenvalue weighted by atomic mass is 9.87. The van der Waals surface area contributed by atoms with E-state index in [0.717, 1.165) is 11.1 Å². The molecule has 0 saturated heterocycles. The van der Waals surface area contributed by atoms with Gasteiger partial charge in [0.05, 0.1) is 12.2 Å². The Kier molecular flexibility index (Phi) is 6.27. The van der Waals surface area contributed by atoms with E-state index in [2.05, 4.69) is 36.7 Å². The van der Waals surface area contributed by atoms with Crippen molar-refractivity contribution in [3.05, 3.63) is 87.7 Å². The molecule has 3 rings (SSSR count). The first-order valence-electron chi connectivity index (χ1n) is 9.65. The van der Waals surface area contributed by atoms with Crippen LogP contribution >= 0.6 is 11.6 Å². The Morgan fingerprint density at radius 1 is 0.967 bits per heavy atom. The largest absolute Gasteiger partial charge is 0.274 e. The summed E-state index contributed by atoms with van der Waals surface area (Å²) in [6, 6.07) is 17.0. The van der Waals surface area contributed by atoms with Crippen molar-refractivity contribution in [1.29, 1.82) is 0 Å². The van der Waals surface area contributed by atoms with E-state index in [4.69, 9.17) is 11.6 Å². The van der Waals surface area contributed by atoms with E-state index in [1.807, 2.05) is 42.5 Å². The summed E-state index contributed by atoms with van der Waals surface area (Å²) in [5, 5.41) is 4.58. The highest BCUT2D eigenvalue weighted by molar-refractivity contribution is 6.33. The number of aryl methyl sites for hydroxylation is 1. The van der Waals surface area contributed by atoms with Gasteiger partial charge < -0.3 is 0 Å². The number of halogens is 1. The highest BCUT2D eigenvalue weighted by atomic mass is 35.5. The van der Waals surface area contributed by atoms with Gasteiger partial charge in [-0.05, 0) is 35.6 Å². The molecule has 0 aliphatic carbocycles. The summed E-state index contributed by atoms with van der Waals surface area (Å²) in [4.78, 5) is 25.0. The number of carbonyl (C=O) groups is 2. The van der Waals surface area contributed by atoms with Crippen LogP contribution in [0.1, 0.15) is 58.3 Å². The van der Waals surface area contributed by atoms with Gasteiger partial charge in [-0.15, -0.1) is 0 Å². The van der Waals surface area contributed by atoms with Crippen molar-refractivity contribution in [1.82, 2.24) is 20.6 Å². The fourth-order valence-corrected chi connectivity index (χ4v) is 3.36. The van der Waals surface area contributed by atoms with Gasteiger partial charge in [0.15, 0.2) is 0 Å². The number of rotatable bonds is 4. The van der Waals surface area contributed by atoms with Crippen molar-refractivity contribution in [2.75, 3.05) is 0 Å². The van der Waals surface area contributed by atoms with Gasteiger partial charge in [0, 0.05) is 5.56 Å². The number of aromatic nitrogens is 2. The molecule has 0 atom stereocenters. The average molecular weight is 425 g/mol. The van der Waals surface area contributed by atoms with Gasteiger partial charge in [0.25, 0.3) is 11.8 Å². The molecule has 3 aromatic rings. The molecule has 1 heterocycles. The molecule has 0 aliphatic rings. The first-order valence-corrected chi connectivity index (χ1v) is 10.0. The van der Waals surface area contributed by atoms with Crippen LogP contribution in [0.2, 0.25) is 5.15 Å². The first kappa shape index (κ1) is 21.6. The second kappa shape index (κ2) is 8.71. The molecule has 0 fully saturated rings. The minimum absolute atomic E-state index is 0.00257. The summed E-state index contributed by atoms with van der Waals surface area (Å²) < 4.78 is 1.56. The van der Waals surface area contributed by atoms with Crippen molar-refractivity contribution < 1.29 is 9.59 Å². The van der Waals surface area contributed by atoms with Crippen LogP contribution in [0, 0.1) is 6.92 Å². The quantitative estimate of drug-likeness (QED) is 0.614. The molecule has 2 aromatic carbocycles. The predicted octanol–water partition coefficient (Wildman–Crippen LogP) is 4.27. The molecule has 0 saturated carbocycles. The van der Waals surface area contributed by atoms with Crippen LogP contribution in [-0.2, 0) is 12.0 Å². The lowest BCUT2D eigenvalue weighted by molar-refractivity contribution is 0.0846. The Labute approximate surface area is 181 Å². The highest BCUT2D eigenvalue weighted by Crippen LogP contribution is 2.22. The van der Waals surface area contributed by atoms with E-state index in [0.29, 0.717) is 17.8 Å². The number of benzene rings is 2. The van der Waals surface area contributed by atoms with E-state index in [9.17, 15) is 9.59 Å². The van der Waals surface area contributed by atoms with Crippen LogP contribution in [-0.4, -0.2) is 21.6 Å². The molecule has 0 bridgehead atoms. The van der Waals surface area contributed by atoms with Crippen molar-refractivity contribution >= 4 is 23.4 Å². The summed E-state index contributed by atoms with van der Waals surface area (Å²) in [5.74, 6) is -0.925. The van der Waals surface area contributed by atoms with E-state index in [1.54, 1.807) is 23.7 Å². The third-order valence-corrected chi connectivity index (χ3v) is 5.15. The predicted molar refractivity (Wildman–Crippen MR) is 118 cm³/mol. The third kappa shape index (κ3) is 4.89. The van der Waals surface area contributed by atoms with E-state index < -0.39 is 11.8 Å². The second-order valence-electron chi connectivity index (χ2n) is 8.13. The molecule has 0 spiro atoms.